The molecular weight excluding hydrogens is 398 g/mol. The van der Waals surface area contributed by atoms with Crippen molar-refractivity contribution in [2.24, 2.45) is 5.92 Å². The first-order valence-electron chi connectivity index (χ1n) is 10.1. The molecular formula is C22H25N5O4. The fourth-order valence-corrected chi connectivity index (χ4v) is 3.73. The standard InChI is InChI=1S/C22H25N5O4/c1-12(2)11-31-17-9-14(5-6-16(17)30-4)15-10-20(29)23-22-21(15)13(3)26-27(22)18-7-8-19(28)25-24-18/h5-9,12,15H,10-11H2,1-4H3,(H,23,29)(H,25,28)/t15-/m0/s1. The van der Waals surface area contributed by atoms with Gasteiger partial charge in [-0.1, -0.05) is 19.9 Å². The molecule has 3 heterocycles. The highest BCUT2D eigenvalue weighted by Gasteiger charge is 2.33. The van der Waals surface area contributed by atoms with Crippen LogP contribution in [0.2, 0.25) is 0 Å². The number of anilines is 1. The van der Waals surface area contributed by atoms with Crippen molar-refractivity contribution in [2.75, 3.05) is 19.0 Å². The number of nitrogens with one attached hydrogen (secondary N) is 2. The molecule has 0 saturated carbocycles. The van der Waals surface area contributed by atoms with E-state index < -0.39 is 0 Å². The van der Waals surface area contributed by atoms with Crippen molar-refractivity contribution < 1.29 is 14.3 Å². The zero-order valence-electron chi connectivity index (χ0n) is 17.9. The lowest BCUT2D eigenvalue weighted by molar-refractivity contribution is -0.116. The van der Waals surface area contributed by atoms with Crippen LogP contribution in [0.15, 0.2) is 35.1 Å². The largest absolute Gasteiger partial charge is 0.493 e. The normalized spacial score (nSPS) is 15.5. The van der Waals surface area contributed by atoms with Gasteiger partial charge in [0.25, 0.3) is 5.56 Å². The number of ether oxygens (including phenoxy) is 2. The summed E-state index contributed by atoms with van der Waals surface area (Å²) in [4.78, 5) is 24.0. The highest BCUT2D eigenvalue weighted by molar-refractivity contribution is 5.95. The number of amides is 1. The molecule has 2 aromatic heterocycles. The lowest BCUT2D eigenvalue weighted by atomic mass is 9.85. The van der Waals surface area contributed by atoms with Crippen LogP contribution in [0, 0.1) is 12.8 Å². The van der Waals surface area contributed by atoms with Crippen molar-refractivity contribution in [1.82, 2.24) is 20.0 Å². The van der Waals surface area contributed by atoms with Gasteiger partial charge in [-0.15, -0.1) is 0 Å². The van der Waals surface area contributed by atoms with Gasteiger partial charge in [0.2, 0.25) is 5.91 Å². The van der Waals surface area contributed by atoms with Crippen LogP contribution >= 0.6 is 0 Å². The summed E-state index contributed by atoms with van der Waals surface area (Å²) in [5, 5.41) is 13.9. The van der Waals surface area contributed by atoms with E-state index >= 15 is 0 Å². The van der Waals surface area contributed by atoms with Gasteiger partial charge in [-0.25, -0.2) is 5.10 Å². The molecule has 162 valence electrons. The predicted molar refractivity (Wildman–Crippen MR) is 115 cm³/mol. The third kappa shape index (κ3) is 4.03. The van der Waals surface area contributed by atoms with Gasteiger partial charge in [-0.05, 0) is 36.6 Å². The van der Waals surface area contributed by atoms with Crippen LogP contribution in [0.5, 0.6) is 11.5 Å². The summed E-state index contributed by atoms with van der Waals surface area (Å²) in [5.74, 6) is 2.31. The fourth-order valence-electron chi connectivity index (χ4n) is 3.73. The molecule has 1 amide bonds. The van der Waals surface area contributed by atoms with E-state index in [9.17, 15) is 9.59 Å². The molecule has 0 radical (unpaired) electrons. The molecule has 0 bridgehead atoms. The minimum absolute atomic E-state index is 0.122. The molecule has 0 saturated heterocycles. The second-order valence-electron chi connectivity index (χ2n) is 7.96. The van der Waals surface area contributed by atoms with E-state index in [1.165, 1.54) is 6.07 Å². The van der Waals surface area contributed by atoms with Crippen LogP contribution in [0.4, 0.5) is 5.82 Å². The summed E-state index contributed by atoms with van der Waals surface area (Å²) in [7, 11) is 1.61. The van der Waals surface area contributed by atoms with Gasteiger partial charge in [-0.2, -0.15) is 14.9 Å². The van der Waals surface area contributed by atoms with Crippen molar-refractivity contribution >= 4 is 11.7 Å². The second kappa shape index (κ2) is 8.25. The number of hydrogen-bond donors (Lipinski definition) is 2. The molecule has 9 heteroatoms. The molecule has 9 nitrogen and oxygen atoms in total. The van der Waals surface area contributed by atoms with Gasteiger partial charge in [-0.3, -0.25) is 9.59 Å². The van der Waals surface area contributed by atoms with Crippen molar-refractivity contribution in [3.63, 3.8) is 0 Å². The Kier molecular flexibility index (Phi) is 5.50. The predicted octanol–water partition coefficient (Wildman–Crippen LogP) is 2.78. The number of rotatable bonds is 6. The van der Waals surface area contributed by atoms with E-state index in [4.69, 9.17) is 9.47 Å². The number of aromatic amines is 1. The summed E-state index contributed by atoms with van der Waals surface area (Å²) in [6, 6.07) is 8.68. The molecule has 3 aromatic rings. The van der Waals surface area contributed by atoms with Crippen LogP contribution in [0.25, 0.3) is 5.82 Å². The monoisotopic (exact) mass is 423 g/mol. The average molecular weight is 423 g/mol. The lowest BCUT2D eigenvalue weighted by Crippen LogP contribution is -2.25. The van der Waals surface area contributed by atoms with Crippen molar-refractivity contribution in [2.45, 2.75) is 33.1 Å². The Balaban J connectivity index is 1.78. The van der Waals surface area contributed by atoms with Crippen LogP contribution < -0.4 is 20.3 Å². The van der Waals surface area contributed by atoms with E-state index in [0.29, 0.717) is 35.7 Å². The van der Waals surface area contributed by atoms with Crippen LogP contribution in [-0.4, -0.2) is 39.6 Å². The van der Waals surface area contributed by atoms with Crippen LogP contribution in [-0.2, 0) is 4.79 Å². The molecule has 1 atom stereocenters. The second-order valence-corrected chi connectivity index (χ2v) is 7.96. The Hall–Kier alpha value is -3.62. The zero-order valence-corrected chi connectivity index (χ0v) is 17.9. The van der Waals surface area contributed by atoms with E-state index in [2.05, 4.69) is 34.5 Å². The van der Waals surface area contributed by atoms with Crippen molar-refractivity contribution in [3.8, 4) is 17.3 Å². The Bertz CT molecular complexity index is 1160. The maximum absolute atomic E-state index is 12.6. The van der Waals surface area contributed by atoms with E-state index in [1.807, 2.05) is 25.1 Å². The zero-order chi connectivity index (χ0) is 22.1. The van der Waals surface area contributed by atoms with Gasteiger partial charge >= 0.3 is 0 Å². The Morgan fingerprint density at radius 2 is 2.00 bits per heavy atom. The van der Waals surface area contributed by atoms with Gasteiger partial charge in [0.1, 0.15) is 5.82 Å². The highest BCUT2D eigenvalue weighted by Crippen LogP contribution is 2.42. The van der Waals surface area contributed by atoms with Crippen molar-refractivity contribution in [3.05, 3.63) is 57.5 Å². The Labute approximate surface area is 179 Å². The molecule has 1 aliphatic rings. The number of aryl methyl sites for hydroxylation is 1. The molecule has 1 aromatic carbocycles. The molecule has 0 fully saturated rings. The molecule has 4 rings (SSSR count). The molecule has 2 N–H and O–H groups in total. The minimum Gasteiger partial charge on any atom is -0.493 e. The number of carbonyl (C=O) groups excluding carboxylic acids is 1. The van der Waals surface area contributed by atoms with Gasteiger partial charge in [0, 0.05) is 24.0 Å². The first-order chi connectivity index (χ1) is 14.9. The Morgan fingerprint density at radius 1 is 1.19 bits per heavy atom. The van der Waals surface area contributed by atoms with Gasteiger partial charge in [0.15, 0.2) is 17.3 Å². The number of fused-ring (bicyclic) bond motifs is 1. The van der Waals surface area contributed by atoms with Crippen LogP contribution in [0.3, 0.4) is 0 Å². The number of H-pyrrole nitrogens is 1. The molecule has 31 heavy (non-hydrogen) atoms. The Morgan fingerprint density at radius 3 is 2.68 bits per heavy atom. The number of methoxy groups -OCH3 is 1. The molecule has 0 spiro atoms. The number of nitrogens with zero attached hydrogens (tertiary/aromatic N) is 3. The summed E-state index contributed by atoms with van der Waals surface area (Å²) < 4.78 is 13.0. The van der Waals surface area contributed by atoms with E-state index in [0.717, 1.165) is 16.8 Å². The number of aromatic nitrogens is 4. The SMILES string of the molecule is COc1ccc([C@@H]2CC(=O)Nc3c2c(C)nn3-c2ccc(=O)[nH]n2)cc1OCC(C)C. The van der Waals surface area contributed by atoms with E-state index in [-0.39, 0.29) is 23.8 Å². The third-order valence-electron chi connectivity index (χ3n) is 5.15. The topological polar surface area (TPSA) is 111 Å². The molecule has 0 aliphatic carbocycles. The first-order valence-corrected chi connectivity index (χ1v) is 10.1. The number of carbonyl (C=O) groups is 1. The quantitative estimate of drug-likeness (QED) is 0.631. The maximum atomic E-state index is 12.6. The number of hydrogen-bond acceptors (Lipinski definition) is 6. The van der Waals surface area contributed by atoms with Crippen molar-refractivity contribution in [1.29, 1.82) is 0 Å². The summed E-state index contributed by atoms with van der Waals surface area (Å²) in [5.41, 5.74) is 2.31. The summed E-state index contributed by atoms with van der Waals surface area (Å²) in [6.07, 6.45) is 0.286. The first kappa shape index (κ1) is 20.6. The van der Waals surface area contributed by atoms with E-state index in [1.54, 1.807) is 17.9 Å². The molecule has 0 unspecified atom stereocenters. The lowest BCUT2D eigenvalue weighted by Gasteiger charge is -2.25. The van der Waals surface area contributed by atoms with Gasteiger partial charge < -0.3 is 14.8 Å². The molecule has 1 aliphatic heterocycles. The smallest absolute Gasteiger partial charge is 0.264 e. The summed E-state index contributed by atoms with van der Waals surface area (Å²) in [6.45, 7) is 6.61. The average Bonchev–Trinajstić information content (AvgIpc) is 3.08. The maximum Gasteiger partial charge on any atom is 0.264 e. The van der Waals surface area contributed by atoms with Gasteiger partial charge in [0.05, 0.1) is 19.4 Å². The third-order valence-corrected chi connectivity index (χ3v) is 5.15. The minimum atomic E-state index is -0.310. The number of benzene rings is 1. The fraction of sp³-hybridized carbons (Fsp3) is 0.364. The highest BCUT2D eigenvalue weighted by atomic mass is 16.5. The van der Waals surface area contributed by atoms with Crippen LogP contribution in [0.1, 0.15) is 43.0 Å². The summed E-state index contributed by atoms with van der Waals surface area (Å²) >= 11 is 0.